The second-order valence-corrected chi connectivity index (χ2v) is 5.18. The van der Waals surface area contributed by atoms with Gasteiger partial charge in [0.2, 0.25) is 0 Å². The summed E-state index contributed by atoms with van der Waals surface area (Å²) in [5.74, 6) is -4.09. The lowest BCUT2D eigenvalue weighted by molar-refractivity contribution is 0.0605. The lowest BCUT2D eigenvalue weighted by Crippen LogP contribution is -2.35. The van der Waals surface area contributed by atoms with Crippen molar-refractivity contribution in [1.82, 2.24) is 0 Å². The summed E-state index contributed by atoms with van der Waals surface area (Å²) in [5, 5.41) is 10.2. The van der Waals surface area contributed by atoms with E-state index in [-0.39, 0.29) is 23.9 Å². The number of nitrogens with two attached hydrogens (primary N) is 1. The van der Waals surface area contributed by atoms with Gasteiger partial charge in [0.25, 0.3) is 0 Å². The zero-order chi connectivity index (χ0) is 14.0. The lowest BCUT2D eigenvalue weighted by Gasteiger charge is -2.30. The highest BCUT2D eigenvalue weighted by Crippen LogP contribution is 2.32. The summed E-state index contributed by atoms with van der Waals surface area (Å²) in [7, 11) is 0. The molecule has 1 aromatic carbocycles. The van der Waals surface area contributed by atoms with Gasteiger partial charge in [0.1, 0.15) is 0 Å². The first-order chi connectivity index (χ1) is 9.02. The molecule has 1 aliphatic rings. The molecule has 20 heavy (non-hydrogen) atoms. The van der Waals surface area contributed by atoms with E-state index in [1.807, 2.05) is 0 Å². The maximum Gasteiger partial charge on any atom is 0.194 e. The van der Waals surface area contributed by atoms with Crippen LogP contribution in [-0.2, 0) is 0 Å². The molecule has 0 amide bonds. The van der Waals surface area contributed by atoms with E-state index in [9.17, 15) is 18.3 Å². The molecule has 0 bridgehead atoms. The number of rotatable bonds is 3. The van der Waals surface area contributed by atoms with Crippen LogP contribution in [0.15, 0.2) is 12.1 Å². The van der Waals surface area contributed by atoms with Crippen molar-refractivity contribution in [1.29, 1.82) is 0 Å². The molecule has 0 aliphatic heterocycles. The Kier molecular flexibility index (Phi) is 6.30. The van der Waals surface area contributed by atoms with Crippen LogP contribution in [0.4, 0.5) is 13.2 Å². The minimum atomic E-state index is -1.54. The third-order valence-corrected chi connectivity index (χ3v) is 3.92. The molecule has 2 nitrogen and oxygen atoms in total. The largest absolute Gasteiger partial charge is 0.391 e. The molecule has 1 aromatic rings. The third kappa shape index (κ3) is 3.45. The summed E-state index contributed by atoms with van der Waals surface area (Å²) in [4.78, 5) is 0. The second-order valence-electron chi connectivity index (χ2n) is 5.18. The summed E-state index contributed by atoms with van der Waals surface area (Å²) in [5.41, 5.74) is 5.64. The molecule has 3 N–H and O–H groups in total. The zero-order valence-electron chi connectivity index (χ0n) is 11.0. The predicted octanol–water partition coefficient (Wildman–Crippen LogP) is 3.47. The van der Waals surface area contributed by atoms with E-state index in [1.165, 1.54) is 0 Å². The third-order valence-electron chi connectivity index (χ3n) is 3.92. The van der Waals surface area contributed by atoms with Crippen LogP contribution in [0.5, 0.6) is 0 Å². The Labute approximate surface area is 122 Å². The summed E-state index contributed by atoms with van der Waals surface area (Å²) >= 11 is 0. The average molecular weight is 310 g/mol. The van der Waals surface area contributed by atoms with Gasteiger partial charge in [0.05, 0.1) is 12.1 Å². The molecule has 0 heterocycles. The Morgan fingerprint density at radius 1 is 1.05 bits per heavy atom. The number of hydrogen-bond acceptors (Lipinski definition) is 2. The van der Waals surface area contributed by atoms with Crippen LogP contribution in [-0.4, -0.2) is 11.2 Å². The highest BCUT2D eigenvalue weighted by Gasteiger charge is 2.30. The van der Waals surface area contributed by atoms with E-state index < -0.39 is 29.6 Å². The molecule has 0 unspecified atom stereocenters. The molecule has 1 saturated carbocycles. The Balaban J connectivity index is 0.00000200. The minimum Gasteiger partial charge on any atom is -0.391 e. The number of halogens is 4. The molecule has 0 spiro atoms. The summed E-state index contributed by atoms with van der Waals surface area (Å²) in [6, 6.07) is 0.907. The summed E-state index contributed by atoms with van der Waals surface area (Å²) < 4.78 is 39.7. The minimum absolute atomic E-state index is 0. The highest BCUT2D eigenvalue weighted by molar-refractivity contribution is 5.85. The van der Waals surface area contributed by atoms with Gasteiger partial charge in [-0.05, 0) is 24.8 Å². The maximum atomic E-state index is 13.6. The van der Waals surface area contributed by atoms with Crippen LogP contribution in [0.1, 0.15) is 43.7 Å². The van der Waals surface area contributed by atoms with E-state index in [1.54, 1.807) is 0 Å². The van der Waals surface area contributed by atoms with E-state index in [2.05, 4.69) is 0 Å². The fraction of sp³-hybridized carbons (Fsp3) is 0.571. The fourth-order valence-electron chi connectivity index (χ4n) is 2.75. The standard InChI is InChI=1S/C14H18F3NO.ClH/c15-10-7-6-9(11(16)12(10)17)13(18)14(19)8-4-2-1-3-5-8;/h6-8,13-14,19H,1-5,18H2;1H/t13-,14+;/m1./s1. The molecule has 0 aromatic heterocycles. The van der Waals surface area contributed by atoms with E-state index >= 15 is 0 Å². The fourth-order valence-corrected chi connectivity index (χ4v) is 2.75. The molecule has 0 saturated heterocycles. The van der Waals surface area contributed by atoms with E-state index in [0.29, 0.717) is 0 Å². The molecule has 2 atom stereocenters. The quantitative estimate of drug-likeness (QED) is 0.840. The second kappa shape index (κ2) is 7.29. The monoisotopic (exact) mass is 309 g/mol. The molecule has 6 heteroatoms. The van der Waals surface area contributed by atoms with Crippen LogP contribution >= 0.6 is 12.4 Å². The van der Waals surface area contributed by atoms with Crippen molar-refractivity contribution in [3.05, 3.63) is 35.1 Å². The smallest absolute Gasteiger partial charge is 0.194 e. The van der Waals surface area contributed by atoms with Crippen molar-refractivity contribution in [3.8, 4) is 0 Å². The molecule has 114 valence electrons. The maximum absolute atomic E-state index is 13.6. The lowest BCUT2D eigenvalue weighted by atomic mass is 9.81. The number of aliphatic hydroxyl groups excluding tert-OH is 1. The number of hydrogen-bond donors (Lipinski definition) is 2. The zero-order valence-corrected chi connectivity index (χ0v) is 11.8. The van der Waals surface area contributed by atoms with Crippen molar-refractivity contribution >= 4 is 12.4 Å². The first-order valence-electron chi connectivity index (χ1n) is 6.59. The molecule has 2 rings (SSSR count). The van der Waals surface area contributed by atoms with E-state index in [4.69, 9.17) is 5.73 Å². The number of aliphatic hydroxyl groups is 1. The van der Waals surface area contributed by atoms with Gasteiger partial charge in [-0.2, -0.15) is 0 Å². The normalized spacial score (nSPS) is 19.2. The molecular formula is C14H19ClF3NO. The summed E-state index contributed by atoms with van der Waals surface area (Å²) in [6.07, 6.45) is 3.88. The Hall–Kier alpha value is -0.780. The molecule has 1 fully saturated rings. The summed E-state index contributed by atoms with van der Waals surface area (Å²) in [6.45, 7) is 0. The van der Waals surface area contributed by atoms with Crippen LogP contribution in [0.3, 0.4) is 0 Å². The van der Waals surface area contributed by atoms with Crippen molar-refractivity contribution in [3.63, 3.8) is 0 Å². The van der Waals surface area contributed by atoms with Crippen molar-refractivity contribution in [2.75, 3.05) is 0 Å². The van der Waals surface area contributed by atoms with Crippen molar-refractivity contribution in [2.45, 2.75) is 44.2 Å². The Bertz CT molecular complexity index is 452. The van der Waals surface area contributed by atoms with Crippen molar-refractivity contribution < 1.29 is 18.3 Å². The van der Waals surface area contributed by atoms with E-state index in [0.717, 1.165) is 44.2 Å². The Morgan fingerprint density at radius 3 is 2.25 bits per heavy atom. The van der Waals surface area contributed by atoms with Crippen molar-refractivity contribution in [2.24, 2.45) is 11.7 Å². The van der Waals surface area contributed by atoms with Gasteiger partial charge in [-0.3, -0.25) is 0 Å². The van der Waals surface area contributed by atoms with Gasteiger partial charge in [-0.15, -0.1) is 12.4 Å². The molecule has 1 aliphatic carbocycles. The van der Waals surface area contributed by atoms with Gasteiger partial charge < -0.3 is 10.8 Å². The molecular weight excluding hydrogens is 291 g/mol. The van der Waals surface area contributed by atoms with Gasteiger partial charge in [-0.1, -0.05) is 25.3 Å². The average Bonchev–Trinajstić information content (AvgIpc) is 2.44. The van der Waals surface area contributed by atoms with Crippen LogP contribution in [0.25, 0.3) is 0 Å². The van der Waals surface area contributed by atoms with Crippen LogP contribution in [0, 0.1) is 23.4 Å². The first-order valence-corrected chi connectivity index (χ1v) is 6.59. The van der Waals surface area contributed by atoms with Gasteiger partial charge in [0, 0.05) is 5.56 Å². The SMILES string of the molecule is Cl.N[C@H](c1ccc(F)c(F)c1F)[C@@H](O)C1CCCCC1. The topological polar surface area (TPSA) is 46.2 Å². The number of benzene rings is 1. The molecule has 0 radical (unpaired) electrons. The van der Waals surface area contributed by atoms with Gasteiger partial charge in [0.15, 0.2) is 17.5 Å². The van der Waals surface area contributed by atoms with Gasteiger partial charge >= 0.3 is 0 Å². The van der Waals surface area contributed by atoms with Crippen LogP contribution < -0.4 is 5.73 Å². The predicted molar refractivity (Wildman–Crippen MR) is 73.1 cm³/mol. The Morgan fingerprint density at radius 2 is 1.65 bits per heavy atom. The van der Waals surface area contributed by atoms with Crippen LogP contribution in [0.2, 0.25) is 0 Å². The highest BCUT2D eigenvalue weighted by atomic mass is 35.5. The first kappa shape index (κ1) is 17.3. The van der Waals surface area contributed by atoms with Gasteiger partial charge in [-0.25, -0.2) is 13.2 Å².